The summed E-state index contributed by atoms with van der Waals surface area (Å²) in [4.78, 5) is 64.7. The molecule has 2 radical (unpaired) electrons. The Balaban J connectivity index is -0.0000000395. The third-order valence-corrected chi connectivity index (χ3v) is 1.70. The minimum absolute atomic E-state index is 0. The van der Waals surface area contributed by atoms with Crippen LogP contribution < -0.4 is 30.6 Å². The molecule has 0 bridgehead atoms. The van der Waals surface area contributed by atoms with Gasteiger partial charge in [-0.3, -0.25) is 15.0 Å². The molecule has 258 valence electrons. The number of aromatic nitrogens is 3. The van der Waals surface area contributed by atoms with Crippen molar-refractivity contribution in [2.24, 2.45) is 0 Å². The van der Waals surface area contributed by atoms with Crippen molar-refractivity contribution in [3.63, 3.8) is 0 Å². The van der Waals surface area contributed by atoms with Gasteiger partial charge in [0.15, 0.2) is 0 Å². The SMILES string of the molecule is CC(=O)[O-].CC(=O)[O-].CC(=O)[O-].CC(=O)[O-].CC(=O)[O-].CC(=O)[O-].[O-2].[Ru+2].[Ru+3].[Ru+3].c1ccncc1.c1ccncc1.c1ccncc1. The Kier molecular flexibility index (Phi) is 96.2. The number of nitrogens with zero attached hydrogens (tertiary/aromatic N) is 3. The first-order valence-corrected chi connectivity index (χ1v) is 11.0. The number of pyridine rings is 3. The van der Waals surface area contributed by atoms with Gasteiger partial charge in [0.05, 0.1) is 0 Å². The summed E-state index contributed by atoms with van der Waals surface area (Å²) >= 11 is 0. The van der Waals surface area contributed by atoms with E-state index < -0.39 is 35.8 Å². The molecule has 0 spiro atoms. The topological polar surface area (TPSA) is 308 Å². The van der Waals surface area contributed by atoms with Crippen molar-refractivity contribution in [2.75, 3.05) is 0 Å². The molecule has 3 aromatic heterocycles. The first-order valence-electron chi connectivity index (χ1n) is 11.0. The molecule has 3 rings (SSSR count). The second-order valence-corrected chi connectivity index (χ2v) is 6.02. The normalized spacial score (nSPS) is 6.39. The van der Waals surface area contributed by atoms with Crippen LogP contribution in [-0.2, 0) is 92.7 Å². The fourth-order valence-electron chi connectivity index (χ4n) is 0.938. The molecule has 0 aliphatic carbocycles. The van der Waals surface area contributed by atoms with Gasteiger partial charge in [0.1, 0.15) is 0 Å². The summed E-state index contributed by atoms with van der Waals surface area (Å²) < 4.78 is 0. The van der Waals surface area contributed by atoms with E-state index in [0.29, 0.717) is 0 Å². The average Bonchev–Trinajstić information content (AvgIpc) is 2.86. The monoisotopic (exact) mass is 913 g/mol. The largest absolute Gasteiger partial charge is 3.00 e. The van der Waals surface area contributed by atoms with E-state index in [1.807, 2.05) is 54.6 Å². The zero-order chi connectivity index (χ0) is 34.2. The van der Waals surface area contributed by atoms with Crippen molar-refractivity contribution in [3.8, 4) is 0 Å². The Morgan fingerprint density at radius 2 is 0.435 bits per heavy atom. The van der Waals surface area contributed by atoms with Crippen LogP contribution in [0.15, 0.2) is 91.8 Å². The molecule has 16 nitrogen and oxygen atoms in total. The fraction of sp³-hybridized carbons (Fsp3) is 0.222. The quantitative estimate of drug-likeness (QED) is 0.193. The van der Waals surface area contributed by atoms with E-state index in [1.54, 1.807) is 37.2 Å². The number of carboxylic acid groups (broad SMARTS) is 6. The van der Waals surface area contributed by atoms with Crippen LogP contribution in [0.25, 0.3) is 0 Å². The molecule has 3 aromatic rings. The Hall–Kier alpha value is -3.90. The van der Waals surface area contributed by atoms with E-state index in [1.165, 1.54) is 0 Å². The number of carboxylic acids is 6. The van der Waals surface area contributed by atoms with E-state index in [2.05, 4.69) is 15.0 Å². The molecule has 0 aromatic carbocycles. The molecule has 0 saturated heterocycles. The summed E-state index contributed by atoms with van der Waals surface area (Å²) in [5, 5.41) is 53.3. The summed E-state index contributed by atoms with van der Waals surface area (Å²) in [6, 6.07) is 17.1. The average molecular weight is 911 g/mol. The van der Waals surface area contributed by atoms with Gasteiger partial charge in [-0.2, -0.15) is 0 Å². The van der Waals surface area contributed by atoms with Crippen LogP contribution in [0.3, 0.4) is 0 Å². The van der Waals surface area contributed by atoms with Gasteiger partial charge in [0.2, 0.25) is 0 Å². The van der Waals surface area contributed by atoms with Crippen molar-refractivity contribution in [2.45, 2.75) is 41.5 Å². The first-order chi connectivity index (χ1) is 19.4. The van der Waals surface area contributed by atoms with Crippen LogP contribution in [0.4, 0.5) is 0 Å². The second-order valence-electron chi connectivity index (χ2n) is 6.02. The summed E-state index contributed by atoms with van der Waals surface area (Å²) in [6.45, 7) is 5.83. The molecule has 0 saturated carbocycles. The van der Waals surface area contributed by atoms with Crippen LogP contribution >= 0.6 is 0 Å². The zero-order valence-electron chi connectivity index (χ0n) is 25.4. The number of aliphatic carboxylic acids is 6. The van der Waals surface area contributed by atoms with Crippen LogP contribution in [0.2, 0.25) is 0 Å². The third kappa shape index (κ3) is 308. The van der Waals surface area contributed by atoms with Gasteiger partial charge in [-0.1, -0.05) is 18.2 Å². The number of hydrogen-bond donors (Lipinski definition) is 0. The standard InChI is InChI=1S/3C5H5N.6C2H4O2.O.3Ru/c3*1-2-4-6-5-3-1;6*1-2(3)4;;;;/h3*1-5H;6*1H3,(H,3,4);;;;/q;;;;;;;;;-2;+2;2*+3/p-6. The Labute approximate surface area is 305 Å². The maximum Gasteiger partial charge on any atom is 3.00 e. The van der Waals surface area contributed by atoms with Crippen molar-refractivity contribution in [3.05, 3.63) is 91.8 Å². The number of rotatable bonds is 0. The molecule has 0 fully saturated rings. The van der Waals surface area contributed by atoms with E-state index >= 15 is 0 Å². The maximum absolute atomic E-state index is 8.89. The molecule has 3 heterocycles. The van der Waals surface area contributed by atoms with Gasteiger partial charge in [-0.15, -0.1) is 0 Å². The van der Waals surface area contributed by atoms with Crippen molar-refractivity contribution >= 4 is 35.8 Å². The van der Waals surface area contributed by atoms with Crippen molar-refractivity contribution < 1.29 is 123 Å². The molecule has 0 amide bonds. The minimum atomic E-state index is -1.08. The molecule has 19 heteroatoms. The van der Waals surface area contributed by atoms with Crippen LogP contribution in [0.5, 0.6) is 0 Å². The van der Waals surface area contributed by atoms with Crippen LogP contribution in [0.1, 0.15) is 41.5 Å². The molecule has 0 unspecified atom stereocenters. The number of carbonyl (C=O) groups is 6. The summed E-state index contributed by atoms with van der Waals surface area (Å²) in [6.07, 6.45) is 10.5. The van der Waals surface area contributed by atoms with Gasteiger partial charge in [-0.05, 0) is 77.9 Å². The third-order valence-electron chi connectivity index (χ3n) is 1.70. The van der Waals surface area contributed by atoms with Gasteiger partial charge in [0, 0.05) is 73.0 Å². The van der Waals surface area contributed by atoms with E-state index in [-0.39, 0.29) is 63.9 Å². The van der Waals surface area contributed by atoms with Gasteiger partial charge < -0.3 is 64.9 Å². The van der Waals surface area contributed by atoms with Crippen LogP contribution in [-0.4, -0.2) is 50.8 Å². The number of hydrogen-bond acceptors (Lipinski definition) is 15. The number of carbonyl (C=O) groups excluding carboxylic acids is 6. The van der Waals surface area contributed by atoms with E-state index in [0.717, 1.165) is 41.5 Å². The maximum atomic E-state index is 8.89. The first kappa shape index (κ1) is 69.0. The van der Waals surface area contributed by atoms with Crippen LogP contribution in [0, 0.1) is 0 Å². The van der Waals surface area contributed by atoms with E-state index in [4.69, 9.17) is 59.4 Å². The van der Waals surface area contributed by atoms with Crippen molar-refractivity contribution in [1.29, 1.82) is 0 Å². The predicted molar refractivity (Wildman–Crippen MR) is 137 cm³/mol. The summed E-state index contributed by atoms with van der Waals surface area (Å²) in [7, 11) is 0. The van der Waals surface area contributed by atoms with Gasteiger partial charge in [0.25, 0.3) is 0 Å². The Morgan fingerprint density at radius 1 is 0.348 bits per heavy atom. The summed E-state index contributed by atoms with van der Waals surface area (Å²) in [5.41, 5.74) is 0. The Bertz CT molecular complexity index is 754. The molecule has 0 N–H and O–H groups in total. The molecule has 0 aliphatic heterocycles. The van der Waals surface area contributed by atoms with Crippen molar-refractivity contribution in [1.82, 2.24) is 15.0 Å². The summed E-state index contributed by atoms with van der Waals surface area (Å²) in [5.74, 6) is -6.50. The van der Waals surface area contributed by atoms with Gasteiger partial charge >= 0.3 is 58.4 Å². The van der Waals surface area contributed by atoms with E-state index in [9.17, 15) is 0 Å². The molecular formula is C27H33N3O13Ru3. The Morgan fingerprint density at radius 3 is 0.457 bits per heavy atom. The fourth-order valence-corrected chi connectivity index (χ4v) is 0.938. The zero-order valence-corrected chi connectivity index (χ0v) is 30.6. The minimum Gasteiger partial charge on any atom is -2.00 e. The second kappa shape index (κ2) is 64.1. The smallest absolute Gasteiger partial charge is 2.00 e. The molecular weight excluding hydrogens is 878 g/mol. The predicted octanol–water partition coefficient (Wildman–Crippen LogP) is -4.34. The molecule has 0 atom stereocenters. The molecule has 0 aliphatic rings. The van der Waals surface area contributed by atoms with Gasteiger partial charge in [-0.25, -0.2) is 0 Å². The molecule has 46 heavy (non-hydrogen) atoms.